The molecule has 1 saturated heterocycles. The monoisotopic (exact) mass is 434 g/mol. The average Bonchev–Trinajstić information content (AvgIpc) is 3.22. The molecule has 3 aromatic rings. The van der Waals surface area contributed by atoms with E-state index in [0.717, 1.165) is 12.1 Å². The highest BCUT2D eigenvalue weighted by molar-refractivity contribution is 5.94. The van der Waals surface area contributed by atoms with Crippen LogP contribution in [0.15, 0.2) is 53.1 Å². The number of hydrogen-bond acceptors (Lipinski definition) is 5. The van der Waals surface area contributed by atoms with Crippen LogP contribution in [0.5, 0.6) is 0 Å². The van der Waals surface area contributed by atoms with Gasteiger partial charge in [0.2, 0.25) is 11.7 Å². The van der Waals surface area contributed by atoms with Crippen LogP contribution in [0.4, 0.5) is 17.6 Å². The molecule has 2 aromatic carbocycles. The molecule has 4 rings (SSSR count). The van der Waals surface area contributed by atoms with Gasteiger partial charge in [0.15, 0.2) is 0 Å². The van der Waals surface area contributed by atoms with Crippen LogP contribution in [0.25, 0.3) is 11.4 Å². The lowest BCUT2D eigenvalue weighted by molar-refractivity contribution is -0.137. The first-order valence-electron chi connectivity index (χ1n) is 9.57. The molecule has 0 radical (unpaired) electrons. The Kier molecular flexibility index (Phi) is 5.73. The third-order valence-corrected chi connectivity index (χ3v) is 5.04. The lowest BCUT2D eigenvalue weighted by Crippen LogP contribution is -2.48. The Balaban J connectivity index is 1.36. The molecule has 1 aromatic heterocycles. The maximum absolute atomic E-state index is 13.8. The van der Waals surface area contributed by atoms with Crippen LogP contribution < -0.4 is 0 Å². The normalized spacial score (nSPS) is 15.3. The number of carbonyl (C=O) groups excluding carboxylic acids is 1. The van der Waals surface area contributed by atoms with Gasteiger partial charge in [-0.15, -0.1) is 0 Å². The highest BCUT2D eigenvalue weighted by Crippen LogP contribution is 2.31. The third kappa shape index (κ3) is 4.74. The molecule has 31 heavy (non-hydrogen) atoms. The second-order valence-electron chi connectivity index (χ2n) is 7.14. The van der Waals surface area contributed by atoms with E-state index < -0.39 is 17.6 Å². The van der Waals surface area contributed by atoms with E-state index in [1.807, 2.05) is 4.90 Å². The molecule has 162 valence electrons. The number of aromatic nitrogens is 2. The summed E-state index contributed by atoms with van der Waals surface area (Å²) in [7, 11) is 0. The van der Waals surface area contributed by atoms with Crippen molar-refractivity contribution in [2.24, 2.45) is 0 Å². The lowest BCUT2D eigenvalue weighted by Gasteiger charge is -2.34. The molecule has 10 heteroatoms. The Morgan fingerprint density at radius 3 is 2.48 bits per heavy atom. The molecule has 0 N–H and O–H groups in total. The summed E-state index contributed by atoms with van der Waals surface area (Å²) in [5, 5.41) is 3.78. The summed E-state index contributed by atoms with van der Waals surface area (Å²) >= 11 is 0. The standard InChI is InChI=1S/C21H18F4N4O2/c22-17-7-2-1-6-16(17)20(30)29-10-8-28(9-11-29)13-18-26-19(27-31-18)14-4-3-5-15(12-14)21(23,24)25/h1-7,12H,8-11,13H2. The van der Waals surface area contributed by atoms with Crippen molar-refractivity contribution in [3.8, 4) is 11.4 Å². The van der Waals surface area contributed by atoms with E-state index in [0.29, 0.717) is 32.7 Å². The number of nitrogens with zero attached hydrogens (tertiary/aromatic N) is 4. The predicted octanol–water partition coefficient (Wildman–Crippen LogP) is 3.85. The van der Waals surface area contributed by atoms with Gasteiger partial charge in [-0.25, -0.2) is 4.39 Å². The summed E-state index contributed by atoms with van der Waals surface area (Å²) in [6.07, 6.45) is -4.46. The second-order valence-corrected chi connectivity index (χ2v) is 7.14. The van der Waals surface area contributed by atoms with Crippen molar-refractivity contribution in [3.63, 3.8) is 0 Å². The van der Waals surface area contributed by atoms with Gasteiger partial charge in [0.1, 0.15) is 5.82 Å². The van der Waals surface area contributed by atoms with Gasteiger partial charge in [0.25, 0.3) is 5.91 Å². The molecule has 1 amide bonds. The summed E-state index contributed by atoms with van der Waals surface area (Å²) in [5.41, 5.74) is -0.532. The van der Waals surface area contributed by atoms with E-state index in [1.54, 1.807) is 11.0 Å². The van der Waals surface area contributed by atoms with Crippen LogP contribution in [-0.2, 0) is 12.7 Å². The van der Waals surface area contributed by atoms with Crippen LogP contribution in [-0.4, -0.2) is 52.0 Å². The van der Waals surface area contributed by atoms with Gasteiger partial charge in [0.05, 0.1) is 17.7 Å². The maximum atomic E-state index is 13.8. The highest BCUT2D eigenvalue weighted by Gasteiger charge is 2.31. The van der Waals surface area contributed by atoms with Gasteiger partial charge in [-0.3, -0.25) is 9.69 Å². The Bertz CT molecular complexity index is 1070. The number of carbonyl (C=O) groups is 1. The lowest BCUT2D eigenvalue weighted by atomic mass is 10.1. The summed E-state index contributed by atoms with van der Waals surface area (Å²) < 4.78 is 57.7. The number of piperazine rings is 1. The van der Waals surface area contributed by atoms with Crippen LogP contribution in [0.3, 0.4) is 0 Å². The van der Waals surface area contributed by atoms with Crippen molar-refractivity contribution in [2.75, 3.05) is 26.2 Å². The zero-order valence-electron chi connectivity index (χ0n) is 16.3. The molecule has 1 aliphatic heterocycles. The topological polar surface area (TPSA) is 62.5 Å². The fraction of sp³-hybridized carbons (Fsp3) is 0.286. The van der Waals surface area contributed by atoms with E-state index in [9.17, 15) is 22.4 Å². The van der Waals surface area contributed by atoms with Gasteiger partial charge in [-0.2, -0.15) is 18.2 Å². The average molecular weight is 434 g/mol. The molecule has 1 aliphatic rings. The number of alkyl halides is 3. The second kappa shape index (κ2) is 8.46. The predicted molar refractivity (Wildman–Crippen MR) is 102 cm³/mol. The van der Waals surface area contributed by atoms with Crippen molar-refractivity contribution >= 4 is 5.91 Å². The van der Waals surface area contributed by atoms with Gasteiger partial charge < -0.3 is 9.42 Å². The molecular weight excluding hydrogens is 416 g/mol. The van der Waals surface area contributed by atoms with Crippen molar-refractivity contribution in [2.45, 2.75) is 12.7 Å². The number of benzene rings is 2. The Morgan fingerprint density at radius 2 is 1.77 bits per heavy atom. The minimum atomic E-state index is -4.46. The third-order valence-electron chi connectivity index (χ3n) is 5.04. The van der Waals surface area contributed by atoms with Gasteiger partial charge in [-0.05, 0) is 24.3 Å². The number of rotatable bonds is 4. The summed E-state index contributed by atoms with van der Waals surface area (Å²) in [6.45, 7) is 2.14. The van der Waals surface area contributed by atoms with Gasteiger partial charge in [-0.1, -0.05) is 29.4 Å². The van der Waals surface area contributed by atoms with Crippen LogP contribution in [0, 0.1) is 5.82 Å². The molecule has 0 spiro atoms. The van der Waals surface area contributed by atoms with Crippen molar-refractivity contribution in [1.29, 1.82) is 0 Å². The summed E-state index contributed by atoms with van der Waals surface area (Å²) in [4.78, 5) is 20.2. The SMILES string of the molecule is O=C(c1ccccc1F)N1CCN(Cc2nc(-c3cccc(C(F)(F)F)c3)no2)CC1. The first kappa shape index (κ1) is 21.0. The fourth-order valence-electron chi connectivity index (χ4n) is 3.38. The van der Waals surface area contributed by atoms with Crippen LogP contribution in [0.1, 0.15) is 21.8 Å². The van der Waals surface area contributed by atoms with E-state index >= 15 is 0 Å². The van der Waals surface area contributed by atoms with Crippen molar-refractivity contribution < 1.29 is 26.9 Å². The smallest absolute Gasteiger partial charge is 0.338 e. The van der Waals surface area contributed by atoms with Crippen molar-refractivity contribution in [1.82, 2.24) is 19.9 Å². The molecule has 6 nitrogen and oxygen atoms in total. The number of amides is 1. The Labute approximate surface area is 175 Å². The zero-order chi connectivity index (χ0) is 22.0. The minimum absolute atomic E-state index is 0.0404. The van der Waals surface area contributed by atoms with Crippen LogP contribution >= 0.6 is 0 Å². The molecule has 0 atom stereocenters. The minimum Gasteiger partial charge on any atom is -0.338 e. The van der Waals surface area contributed by atoms with Gasteiger partial charge in [0, 0.05) is 31.7 Å². The molecule has 0 bridgehead atoms. The summed E-state index contributed by atoms with van der Waals surface area (Å²) in [6, 6.07) is 10.6. The van der Waals surface area contributed by atoms with E-state index in [-0.39, 0.29) is 28.7 Å². The first-order valence-corrected chi connectivity index (χ1v) is 9.57. The molecule has 0 saturated carbocycles. The van der Waals surface area contributed by atoms with E-state index in [2.05, 4.69) is 10.1 Å². The Hall–Kier alpha value is -3.27. The molecule has 0 unspecified atom stereocenters. The van der Waals surface area contributed by atoms with Crippen LogP contribution in [0.2, 0.25) is 0 Å². The van der Waals surface area contributed by atoms with E-state index in [1.165, 1.54) is 30.3 Å². The molecule has 0 aliphatic carbocycles. The quantitative estimate of drug-likeness (QED) is 0.584. The van der Waals surface area contributed by atoms with Crippen molar-refractivity contribution in [3.05, 3.63) is 71.4 Å². The number of hydrogen-bond donors (Lipinski definition) is 0. The Morgan fingerprint density at radius 1 is 1.03 bits per heavy atom. The molecular formula is C21H18F4N4O2. The zero-order valence-corrected chi connectivity index (χ0v) is 16.3. The fourth-order valence-corrected chi connectivity index (χ4v) is 3.38. The largest absolute Gasteiger partial charge is 0.416 e. The number of halogens is 4. The molecule has 1 fully saturated rings. The molecule has 2 heterocycles. The summed E-state index contributed by atoms with van der Waals surface area (Å²) in [5.74, 6) is -0.568. The highest BCUT2D eigenvalue weighted by atomic mass is 19.4. The van der Waals surface area contributed by atoms with Gasteiger partial charge >= 0.3 is 6.18 Å². The van der Waals surface area contributed by atoms with E-state index in [4.69, 9.17) is 4.52 Å². The maximum Gasteiger partial charge on any atom is 0.416 e. The first-order chi connectivity index (χ1) is 14.8.